The van der Waals surface area contributed by atoms with Crippen molar-refractivity contribution in [2.24, 2.45) is 29.4 Å². The van der Waals surface area contributed by atoms with Crippen LogP contribution in [0.1, 0.15) is 97.5 Å². The van der Waals surface area contributed by atoms with Gasteiger partial charge in [0.15, 0.2) is 0 Å². The highest BCUT2D eigenvalue weighted by molar-refractivity contribution is 5.99. The maximum Gasteiger partial charge on any atom is 0.268 e. The number of carbonyl (C=O) groups is 3. The van der Waals surface area contributed by atoms with Gasteiger partial charge in [-0.1, -0.05) is 103 Å². The summed E-state index contributed by atoms with van der Waals surface area (Å²) < 4.78 is 12.8. The molecule has 8 nitrogen and oxygen atoms in total. The van der Waals surface area contributed by atoms with Crippen molar-refractivity contribution >= 4 is 17.7 Å². The van der Waals surface area contributed by atoms with Gasteiger partial charge in [-0.15, -0.1) is 0 Å². The summed E-state index contributed by atoms with van der Waals surface area (Å²) in [5, 5.41) is 5.65. The van der Waals surface area contributed by atoms with Crippen LogP contribution >= 0.6 is 0 Å². The molecule has 0 bridgehead atoms. The zero-order valence-electron chi connectivity index (χ0n) is 30.0. The Morgan fingerprint density at radius 2 is 1.72 bits per heavy atom. The summed E-state index contributed by atoms with van der Waals surface area (Å²) >= 11 is 0. The SMILES string of the molecule is CC1CCCCC1.CCCC(CCC(C)C)CNC(=O)/C(=C\C#CN)NC(=O)[C@@H](CC(=O)N(C)CCN(C)CF)Cc1ccccc1. The van der Waals surface area contributed by atoms with E-state index in [0.29, 0.717) is 37.9 Å². The smallest absolute Gasteiger partial charge is 0.268 e. The molecule has 264 valence electrons. The Balaban J connectivity index is 0.00000138. The highest BCUT2D eigenvalue weighted by Crippen LogP contribution is 2.22. The predicted molar refractivity (Wildman–Crippen MR) is 190 cm³/mol. The first kappa shape index (κ1) is 41.6. The molecule has 1 fully saturated rings. The minimum atomic E-state index is -0.739. The number of likely N-dealkylation sites (N-methyl/N-ethyl adjacent to an activating group) is 2. The molecular formula is C38H62FN5O3. The molecule has 0 spiro atoms. The number of nitrogens with two attached hydrogens (primary N) is 1. The Labute approximate surface area is 284 Å². The first-order valence-electron chi connectivity index (χ1n) is 17.5. The van der Waals surface area contributed by atoms with Crippen molar-refractivity contribution in [3.8, 4) is 12.0 Å². The van der Waals surface area contributed by atoms with Gasteiger partial charge in [-0.05, 0) is 55.5 Å². The van der Waals surface area contributed by atoms with E-state index in [4.69, 9.17) is 5.73 Å². The standard InChI is InChI=1S/C31H48FN5O3.C7H14/c1-6-11-26(16-15-24(2)3)22-34-31(40)28(14-10-17-33)35-30(39)27(20-25-12-8-7-9-13-25)21-29(38)37(5)19-18-36(4)23-32;1-7-5-3-2-4-6-7/h7-9,12-14,24,26-27H,6,11,15-16,18-23,33H2,1-5H3,(H,34,40)(H,35,39);7H,2-6H2,1H3/b28-14+;/t26?,27-;/m1./s1. The van der Waals surface area contributed by atoms with Gasteiger partial charge in [0.2, 0.25) is 11.8 Å². The van der Waals surface area contributed by atoms with Gasteiger partial charge in [0.05, 0.1) is 5.92 Å². The average molecular weight is 656 g/mol. The third kappa shape index (κ3) is 19.1. The number of amides is 3. The fraction of sp³-hybridized carbons (Fsp3) is 0.658. The second kappa shape index (κ2) is 24.7. The first-order valence-corrected chi connectivity index (χ1v) is 17.5. The van der Waals surface area contributed by atoms with Crippen LogP contribution in [-0.4, -0.2) is 68.0 Å². The van der Waals surface area contributed by atoms with Crippen LogP contribution in [0.25, 0.3) is 0 Å². The van der Waals surface area contributed by atoms with E-state index in [2.05, 4.69) is 50.3 Å². The number of benzene rings is 1. The molecular weight excluding hydrogens is 593 g/mol. The van der Waals surface area contributed by atoms with Crippen LogP contribution in [-0.2, 0) is 20.8 Å². The molecule has 4 N–H and O–H groups in total. The van der Waals surface area contributed by atoms with Crippen molar-refractivity contribution in [2.75, 3.05) is 40.5 Å². The summed E-state index contributed by atoms with van der Waals surface area (Å²) in [7, 11) is 3.26. The summed E-state index contributed by atoms with van der Waals surface area (Å²) in [4.78, 5) is 42.5. The zero-order valence-corrected chi connectivity index (χ0v) is 30.0. The fourth-order valence-electron chi connectivity index (χ4n) is 5.50. The van der Waals surface area contributed by atoms with E-state index in [1.165, 1.54) is 48.0 Å². The van der Waals surface area contributed by atoms with E-state index in [1.54, 1.807) is 14.1 Å². The molecule has 0 aromatic heterocycles. The second-order valence-electron chi connectivity index (χ2n) is 13.5. The van der Waals surface area contributed by atoms with Crippen molar-refractivity contribution in [2.45, 2.75) is 98.3 Å². The molecule has 1 aromatic rings. The quantitative estimate of drug-likeness (QED) is 0.0775. The van der Waals surface area contributed by atoms with Gasteiger partial charge >= 0.3 is 0 Å². The van der Waals surface area contributed by atoms with Gasteiger partial charge in [0.25, 0.3) is 5.91 Å². The van der Waals surface area contributed by atoms with E-state index in [1.807, 2.05) is 30.3 Å². The van der Waals surface area contributed by atoms with E-state index in [9.17, 15) is 18.8 Å². The minimum absolute atomic E-state index is 0.00880. The molecule has 2 rings (SSSR count). The zero-order chi connectivity index (χ0) is 35.0. The van der Waals surface area contributed by atoms with E-state index < -0.39 is 24.5 Å². The number of allylic oxidation sites excluding steroid dienone is 1. The lowest BCUT2D eigenvalue weighted by Gasteiger charge is -2.23. The lowest BCUT2D eigenvalue weighted by molar-refractivity contribution is -0.135. The molecule has 0 heterocycles. The molecule has 0 aliphatic heterocycles. The number of nitrogens with one attached hydrogen (secondary N) is 2. The highest BCUT2D eigenvalue weighted by Gasteiger charge is 2.26. The van der Waals surface area contributed by atoms with Crippen LogP contribution < -0.4 is 16.4 Å². The van der Waals surface area contributed by atoms with Gasteiger partial charge in [0.1, 0.15) is 12.5 Å². The van der Waals surface area contributed by atoms with Crippen LogP contribution in [0.15, 0.2) is 42.1 Å². The molecule has 3 amide bonds. The Bertz CT molecular complexity index is 1130. The summed E-state index contributed by atoms with van der Waals surface area (Å²) in [6, 6.07) is 11.6. The molecule has 1 unspecified atom stereocenters. The third-order valence-corrected chi connectivity index (χ3v) is 8.66. The molecule has 0 saturated heterocycles. The van der Waals surface area contributed by atoms with E-state index in [0.717, 1.165) is 37.2 Å². The molecule has 1 aromatic carbocycles. The number of carbonyl (C=O) groups excluding carboxylic acids is 3. The van der Waals surface area contributed by atoms with Gasteiger partial charge < -0.3 is 21.3 Å². The largest absolute Gasteiger partial charge is 0.359 e. The Hall–Kier alpha value is -3.38. The van der Waals surface area contributed by atoms with Crippen molar-refractivity contribution in [3.05, 3.63) is 47.7 Å². The summed E-state index contributed by atoms with van der Waals surface area (Å²) in [5.74, 6) is 2.61. The number of hydrogen-bond donors (Lipinski definition) is 3. The topological polar surface area (TPSA) is 108 Å². The van der Waals surface area contributed by atoms with Crippen LogP contribution in [0.2, 0.25) is 0 Å². The molecule has 47 heavy (non-hydrogen) atoms. The molecule has 9 heteroatoms. The maximum absolute atomic E-state index is 13.5. The van der Waals surface area contributed by atoms with E-state index in [-0.39, 0.29) is 18.0 Å². The summed E-state index contributed by atoms with van der Waals surface area (Å²) in [6.07, 6.45) is 13.1. The summed E-state index contributed by atoms with van der Waals surface area (Å²) in [6.45, 7) is 9.43. The van der Waals surface area contributed by atoms with Crippen LogP contribution in [0.5, 0.6) is 0 Å². The normalized spacial score (nSPS) is 14.7. The van der Waals surface area contributed by atoms with Crippen molar-refractivity contribution < 1.29 is 18.8 Å². The van der Waals surface area contributed by atoms with Crippen molar-refractivity contribution in [1.29, 1.82) is 0 Å². The van der Waals surface area contributed by atoms with Crippen LogP contribution in [0.3, 0.4) is 0 Å². The van der Waals surface area contributed by atoms with Crippen LogP contribution in [0, 0.1) is 35.6 Å². The molecule has 1 aliphatic carbocycles. The fourth-order valence-corrected chi connectivity index (χ4v) is 5.50. The van der Waals surface area contributed by atoms with Crippen molar-refractivity contribution in [1.82, 2.24) is 20.4 Å². The van der Waals surface area contributed by atoms with Gasteiger partial charge in [-0.25, -0.2) is 4.39 Å². The number of rotatable bonds is 18. The van der Waals surface area contributed by atoms with Gasteiger partial charge in [0, 0.05) is 45.2 Å². The minimum Gasteiger partial charge on any atom is -0.359 e. The van der Waals surface area contributed by atoms with E-state index >= 15 is 0 Å². The molecule has 1 saturated carbocycles. The third-order valence-electron chi connectivity index (χ3n) is 8.66. The molecule has 1 aliphatic rings. The lowest BCUT2D eigenvalue weighted by Crippen LogP contribution is -2.42. The second-order valence-corrected chi connectivity index (χ2v) is 13.5. The Kier molecular flexibility index (Phi) is 21.9. The van der Waals surface area contributed by atoms with Gasteiger partial charge in [-0.3, -0.25) is 19.3 Å². The number of halogens is 1. The predicted octanol–water partition coefficient (Wildman–Crippen LogP) is 6.03. The highest BCUT2D eigenvalue weighted by atomic mass is 19.1. The monoisotopic (exact) mass is 655 g/mol. The Morgan fingerprint density at radius 1 is 1.04 bits per heavy atom. The van der Waals surface area contributed by atoms with Crippen LogP contribution in [0.4, 0.5) is 4.39 Å². The molecule has 0 radical (unpaired) electrons. The van der Waals surface area contributed by atoms with Crippen molar-refractivity contribution in [3.63, 3.8) is 0 Å². The molecule has 2 atom stereocenters. The number of hydrogen-bond acceptors (Lipinski definition) is 5. The average Bonchev–Trinajstić information content (AvgIpc) is 3.06. The summed E-state index contributed by atoms with van der Waals surface area (Å²) in [5.41, 5.74) is 6.21. The maximum atomic E-state index is 13.5. The van der Waals surface area contributed by atoms with Gasteiger partial charge in [-0.2, -0.15) is 0 Å². The number of alkyl halides is 1. The number of nitrogens with zero attached hydrogens (tertiary/aromatic N) is 2. The Morgan fingerprint density at radius 3 is 2.28 bits per heavy atom. The first-order chi connectivity index (χ1) is 22.5. The lowest BCUT2D eigenvalue weighted by atomic mass is 9.91.